The Morgan fingerprint density at radius 1 is 1.33 bits per heavy atom. The smallest absolute Gasteiger partial charge is 0.187 e. The Morgan fingerprint density at radius 3 is 2.53 bits per heavy atom. The van der Waals surface area contributed by atoms with Gasteiger partial charge in [-0.1, -0.05) is 18.7 Å². The monoisotopic (exact) mass is 223 g/mol. The van der Waals surface area contributed by atoms with Gasteiger partial charge in [-0.25, -0.2) is 9.97 Å². The van der Waals surface area contributed by atoms with Crippen molar-refractivity contribution >= 4 is 11.8 Å². The van der Waals surface area contributed by atoms with Gasteiger partial charge in [-0.05, 0) is 31.2 Å². The van der Waals surface area contributed by atoms with Crippen LogP contribution in [0.15, 0.2) is 17.6 Å². The number of hydrogen-bond donors (Lipinski definition) is 1. The van der Waals surface area contributed by atoms with Crippen LogP contribution in [0.25, 0.3) is 0 Å². The molecule has 1 aromatic rings. The van der Waals surface area contributed by atoms with Gasteiger partial charge in [0.05, 0.1) is 0 Å². The largest absolute Gasteiger partial charge is 0.327 e. The molecule has 3 nitrogen and oxygen atoms in total. The first-order valence-corrected chi connectivity index (χ1v) is 6.25. The molecule has 1 saturated carbocycles. The third-order valence-electron chi connectivity index (χ3n) is 3.06. The molecular formula is C11H17N3S. The molecule has 0 saturated heterocycles. The minimum atomic E-state index is 0.355. The van der Waals surface area contributed by atoms with Crippen molar-refractivity contribution in [2.75, 3.05) is 0 Å². The van der Waals surface area contributed by atoms with Gasteiger partial charge in [0.2, 0.25) is 0 Å². The average Bonchev–Trinajstić information content (AvgIpc) is 2.53. The number of hydrogen-bond acceptors (Lipinski definition) is 4. The third-order valence-corrected chi connectivity index (χ3v) is 4.45. The number of aryl methyl sites for hydroxylation is 1. The van der Waals surface area contributed by atoms with Gasteiger partial charge in [-0.2, -0.15) is 0 Å². The summed E-state index contributed by atoms with van der Waals surface area (Å²) < 4.78 is 0. The van der Waals surface area contributed by atoms with Crippen molar-refractivity contribution in [2.45, 2.75) is 43.1 Å². The highest BCUT2D eigenvalue weighted by atomic mass is 32.2. The molecule has 1 fully saturated rings. The van der Waals surface area contributed by atoms with Crippen LogP contribution in [0, 0.1) is 12.8 Å². The van der Waals surface area contributed by atoms with Crippen molar-refractivity contribution in [1.29, 1.82) is 0 Å². The van der Waals surface area contributed by atoms with Crippen LogP contribution >= 0.6 is 11.8 Å². The molecule has 1 aliphatic rings. The van der Waals surface area contributed by atoms with E-state index in [9.17, 15) is 0 Å². The lowest BCUT2D eigenvalue weighted by molar-refractivity contribution is 0.534. The molecule has 1 aliphatic carbocycles. The predicted molar refractivity (Wildman–Crippen MR) is 62.8 cm³/mol. The topological polar surface area (TPSA) is 51.8 Å². The minimum Gasteiger partial charge on any atom is -0.327 e. The van der Waals surface area contributed by atoms with Gasteiger partial charge in [0, 0.05) is 23.7 Å². The maximum atomic E-state index is 5.99. The lowest BCUT2D eigenvalue weighted by Crippen LogP contribution is -2.26. The van der Waals surface area contributed by atoms with Crippen molar-refractivity contribution in [3.8, 4) is 0 Å². The summed E-state index contributed by atoms with van der Waals surface area (Å²) in [5.74, 6) is 0.569. The Balaban J connectivity index is 2.00. The van der Waals surface area contributed by atoms with Gasteiger partial charge in [-0.15, -0.1) is 0 Å². The number of nitrogens with zero attached hydrogens (tertiary/aromatic N) is 2. The molecule has 1 aromatic heterocycles. The molecule has 0 radical (unpaired) electrons. The Hall–Kier alpha value is -0.610. The summed E-state index contributed by atoms with van der Waals surface area (Å²) in [5, 5.41) is 1.47. The van der Waals surface area contributed by atoms with E-state index < -0.39 is 0 Å². The summed E-state index contributed by atoms with van der Waals surface area (Å²) >= 11 is 1.77. The van der Waals surface area contributed by atoms with Crippen LogP contribution in [-0.2, 0) is 0 Å². The zero-order chi connectivity index (χ0) is 10.8. The molecular weight excluding hydrogens is 206 g/mol. The zero-order valence-electron chi connectivity index (χ0n) is 9.18. The SMILES string of the molecule is Cc1cnc(SC2CCC(N)C2C)nc1. The van der Waals surface area contributed by atoms with Gasteiger partial charge in [-0.3, -0.25) is 0 Å². The van der Waals surface area contributed by atoms with Gasteiger partial charge < -0.3 is 5.73 Å². The van der Waals surface area contributed by atoms with E-state index in [1.165, 1.54) is 6.42 Å². The van der Waals surface area contributed by atoms with Crippen molar-refractivity contribution in [2.24, 2.45) is 11.7 Å². The van der Waals surface area contributed by atoms with Crippen molar-refractivity contribution in [3.05, 3.63) is 18.0 Å². The van der Waals surface area contributed by atoms with Crippen molar-refractivity contribution in [1.82, 2.24) is 9.97 Å². The first kappa shape index (κ1) is 10.9. The number of rotatable bonds is 2. The van der Waals surface area contributed by atoms with E-state index in [0.29, 0.717) is 17.2 Å². The van der Waals surface area contributed by atoms with E-state index in [1.54, 1.807) is 11.8 Å². The van der Waals surface area contributed by atoms with Crippen LogP contribution < -0.4 is 5.73 Å². The Labute approximate surface area is 94.9 Å². The quantitative estimate of drug-likeness (QED) is 0.779. The van der Waals surface area contributed by atoms with Gasteiger partial charge in [0.25, 0.3) is 0 Å². The van der Waals surface area contributed by atoms with Crippen LogP contribution in [0.4, 0.5) is 0 Å². The van der Waals surface area contributed by atoms with Crippen LogP contribution in [0.2, 0.25) is 0 Å². The predicted octanol–water partition coefficient (Wildman–Crippen LogP) is 2.00. The standard InChI is InChI=1S/C11H17N3S/c1-7-5-13-11(14-6-7)15-10-4-3-9(12)8(10)2/h5-6,8-10H,3-4,12H2,1-2H3. The maximum Gasteiger partial charge on any atom is 0.187 e. The van der Waals surface area contributed by atoms with Crippen molar-refractivity contribution in [3.63, 3.8) is 0 Å². The van der Waals surface area contributed by atoms with E-state index >= 15 is 0 Å². The van der Waals surface area contributed by atoms with Gasteiger partial charge in [0.15, 0.2) is 5.16 Å². The fraction of sp³-hybridized carbons (Fsp3) is 0.636. The molecule has 82 valence electrons. The van der Waals surface area contributed by atoms with Crippen LogP contribution in [0.3, 0.4) is 0 Å². The van der Waals surface area contributed by atoms with Gasteiger partial charge in [0.1, 0.15) is 0 Å². The molecule has 15 heavy (non-hydrogen) atoms. The molecule has 1 heterocycles. The highest BCUT2D eigenvalue weighted by Crippen LogP contribution is 2.36. The van der Waals surface area contributed by atoms with Crippen LogP contribution in [-0.4, -0.2) is 21.3 Å². The molecule has 3 atom stereocenters. The Morgan fingerprint density at radius 2 is 2.00 bits per heavy atom. The normalized spacial score (nSPS) is 30.7. The summed E-state index contributed by atoms with van der Waals surface area (Å²) in [5.41, 5.74) is 7.10. The molecule has 2 rings (SSSR count). The molecule has 0 aromatic carbocycles. The van der Waals surface area contributed by atoms with Crippen LogP contribution in [0.5, 0.6) is 0 Å². The van der Waals surface area contributed by atoms with Crippen LogP contribution in [0.1, 0.15) is 25.3 Å². The molecule has 3 unspecified atom stereocenters. The lowest BCUT2D eigenvalue weighted by atomic mass is 10.1. The first-order chi connectivity index (χ1) is 7.16. The third kappa shape index (κ3) is 2.49. The zero-order valence-corrected chi connectivity index (χ0v) is 10.00. The number of thioether (sulfide) groups is 1. The maximum absolute atomic E-state index is 5.99. The molecule has 2 N–H and O–H groups in total. The fourth-order valence-corrected chi connectivity index (χ4v) is 3.07. The second kappa shape index (κ2) is 4.49. The lowest BCUT2D eigenvalue weighted by Gasteiger charge is -2.16. The molecule has 0 aliphatic heterocycles. The summed E-state index contributed by atoms with van der Waals surface area (Å²) in [6.07, 6.45) is 6.05. The van der Waals surface area contributed by atoms with E-state index in [0.717, 1.165) is 17.1 Å². The Bertz CT molecular complexity index is 325. The number of aromatic nitrogens is 2. The number of nitrogens with two attached hydrogens (primary N) is 1. The molecule has 0 bridgehead atoms. The summed E-state index contributed by atoms with van der Waals surface area (Å²) in [7, 11) is 0. The van der Waals surface area contributed by atoms with Crippen molar-refractivity contribution < 1.29 is 0 Å². The molecule has 0 spiro atoms. The Kier molecular flexibility index (Phi) is 3.26. The van der Waals surface area contributed by atoms with E-state index in [1.807, 2.05) is 19.3 Å². The summed E-state index contributed by atoms with van der Waals surface area (Å²) in [4.78, 5) is 8.62. The highest BCUT2D eigenvalue weighted by Gasteiger charge is 2.31. The highest BCUT2D eigenvalue weighted by molar-refractivity contribution is 7.99. The second-order valence-electron chi connectivity index (χ2n) is 4.30. The second-order valence-corrected chi connectivity index (χ2v) is 5.51. The average molecular weight is 223 g/mol. The minimum absolute atomic E-state index is 0.355. The molecule has 4 heteroatoms. The molecule has 0 amide bonds. The summed E-state index contributed by atoms with van der Waals surface area (Å²) in [6, 6.07) is 0.355. The first-order valence-electron chi connectivity index (χ1n) is 5.37. The van der Waals surface area contributed by atoms with E-state index in [-0.39, 0.29) is 0 Å². The van der Waals surface area contributed by atoms with Gasteiger partial charge >= 0.3 is 0 Å². The van der Waals surface area contributed by atoms with E-state index in [4.69, 9.17) is 5.73 Å². The summed E-state index contributed by atoms with van der Waals surface area (Å²) in [6.45, 7) is 4.23. The van der Waals surface area contributed by atoms with E-state index in [2.05, 4.69) is 16.9 Å². The fourth-order valence-electron chi connectivity index (χ4n) is 1.90.